The number of likely N-dealkylation sites (tertiary alicyclic amines) is 1. The number of aromatic nitrogens is 1. The van der Waals surface area contributed by atoms with Gasteiger partial charge in [0.25, 0.3) is 11.8 Å². The summed E-state index contributed by atoms with van der Waals surface area (Å²) in [7, 11) is 4.09. The molecule has 1 amide bonds. The average molecular weight is 558 g/mol. The van der Waals surface area contributed by atoms with Gasteiger partial charge in [0.05, 0.1) is 5.57 Å². The number of aryl methyl sites for hydroxylation is 1. The van der Waals surface area contributed by atoms with Crippen molar-refractivity contribution in [3.05, 3.63) is 82.7 Å². The highest BCUT2D eigenvalue weighted by molar-refractivity contribution is 6.28. The molecule has 2 N–H and O–H groups in total. The Morgan fingerprint density at radius 3 is 2.61 bits per heavy atom. The molecule has 1 aromatic heterocycles. The summed E-state index contributed by atoms with van der Waals surface area (Å²) in [5.41, 5.74) is 9.85. The number of carbonyl (C=O) groups is 1. The smallest absolute Gasteiger partial charge is 0.256 e. The lowest BCUT2D eigenvalue weighted by Gasteiger charge is -2.39. The number of hydrogen-bond acceptors (Lipinski definition) is 5. The zero-order valence-electron chi connectivity index (χ0n) is 23.9. The van der Waals surface area contributed by atoms with Gasteiger partial charge in [0.15, 0.2) is 0 Å². The maximum absolute atomic E-state index is 13.8. The number of piperidine rings is 1. The molecule has 1 saturated heterocycles. The zero-order chi connectivity index (χ0) is 28.7. The molecule has 3 aromatic rings. The fourth-order valence-electron chi connectivity index (χ4n) is 6.09. The third-order valence-corrected chi connectivity index (χ3v) is 8.50. The number of hydrogen-bond donors (Lipinski definition) is 2. The minimum absolute atomic E-state index is 0.0851. The summed E-state index contributed by atoms with van der Waals surface area (Å²) in [6.07, 6.45) is 5.35. The topological polar surface area (TPSA) is 60.5 Å². The molecular weight excluding hydrogens is 520 g/mol. The number of carbonyl (C=O) groups excluding carboxylic acids is 1. The lowest BCUT2D eigenvalue weighted by molar-refractivity contribution is -0.111. The SMILES string of the molecule is Cc1cc(NC(=O)C2=C3CCC3Nc3ccc(-c4cncc(CN5CCC(F)(F)CC5)c4)cc32)ccc1CN(C)C. The van der Waals surface area contributed by atoms with Crippen LogP contribution in [0.4, 0.5) is 20.2 Å². The van der Waals surface area contributed by atoms with Crippen LogP contribution in [0.2, 0.25) is 0 Å². The van der Waals surface area contributed by atoms with Crippen molar-refractivity contribution in [2.45, 2.75) is 57.7 Å². The summed E-state index contributed by atoms with van der Waals surface area (Å²) in [6.45, 7) is 4.28. The molecule has 0 spiro atoms. The molecule has 2 aromatic carbocycles. The molecule has 3 heterocycles. The van der Waals surface area contributed by atoms with E-state index in [0.29, 0.717) is 19.6 Å². The third kappa shape index (κ3) is 5.90. The van der Waals surface area contributed by atoms with E-state index in [2.05, 4.69) is 56.6 Å². The van der Waals surface area contributed by atoms with Crippen molar-refractivity contribution in [1.82, 2.24) is 14.8 Å². The van der Waals surface area contributed by atoms with Crippen molar-refractivity contribution in [3.63, 3.8) is 0 Å². The van der Waals surface area contributed by atoms with Gasteiger partial charge in [-0.3, -0.25) is 14.7 Å². The first-order valence-electron chi connectivity index (χ1n) is 14.4. The van der Waals surface area contributed by atoms with Gasteiger partial charge in [-0.1, -0.05) is 12.1 Å². The van der Waals surface area contributed by atoms with E-state index in [0.717, 1.165) is 69.7 Å². The monoisotopic (exact) mass is 557 g/mol. The number of fused-ring (bicyclic) bond motifs is 2. The highest BCUT2D eigenvalue weighted by Gasteiger charge is 2.36. The highest BCUT2D eigenvalue weighted by Crippen LogP contribution is 2.44. The second-order valence-electron chi connectivity index (χ2n) is 11.9. The normalized spacial score (nSPS) is 19.7. The molecule has 41 heavy (non-hydrogen) atoms. The Morgan fingerprint density at radius 1 is 1.10 bits per heavy atom. The summed E-state index contributed by atoms with van der Waals surface area (Å²) >= 11 is 0. The minimum atomic E-state index is -2.56. The van der Waals surface area contributed by atoms with Crippen molar-refractivity contribution in [1.29, 1.82) is 0 Å². The van der Waals surface area contributed by atoms with Crippen LogP contribution in [0.15, 0.2) is 60.4 Å². The first-order valence-corrected chi connectivity index (χ1v) is 14.4. The van der Waals surface area contributed by atoms with E-state index in [9.17, 15) is 13.6 Å². The Balaban J connectivity index is 1.25. The van der Waals surface area contributed by atoms with E-state index in [1.165, 1.54) is 5.56 Å². The number of halogens is 2. The summed E-state index contributed by atoms with van der Waals surface area (Å²) in [5.74, 6) is -2.64. The Kier molecular flexibility index (Phi) is 7.38. The van der Waals surface area contributed by atoms with E-state index < -0.39 is 5.92 Å². The maximum atomic E-state index is 13.8. The van der Waals surface area contributed by atoms with Gasteiger partial charge >= 0.3 is 0 Å². The van der Waals surface area contributed by atoms with Crippen LogP contribution in [0.3, 0.4) is 0 Å². The number of rotatable bonds is 7. The molecule has 0 bridgehead atoms. The van der Waals surface area contributed by atoms with Crippen molar-refractivity contribution in [2.75, 3.05) is 37.8 Å². The number of pyridine rings is 1. The van der Waals surface area contributed by atoms with Crippen molar-refractivity contribution in [3.8, 4) is 11.1 Å². The van der Waals surface area contributed by atoms with E-state index in [1.54, 1.807) is 0 Å². The van der Waals surface area contributed by atoms with Crippen LogP contribution >= 0.6 is 0 Å². The fraction of sp³-hybridized carbons (Fsp3) is 0.394. The molecule has 1 unspecified atom stereocenters. The van der Waals surface area contributed by atoms with Crippen LogP contribution in [-0.2, 0) is 17.9 Å². The van der Waals surface area contributed by atoms with Crippen molar-refractivity contribution >= 4 is 22.9 Å². The molecule has 1 saturated carbocycles. The Hall–Kier alpha value is -3.62. The van der Waals surface area contributed by atoms with Crippen LogP contribution in [0, 0.1) is 6.92 Å². The van der Waals surface area contributed by atoms with Gasteiger partial charge < -0.3 is 15.5 Å². The summed E-state index contributed by atoms with van der Waals surface area (Å²) < 4.78 is 27.2. The molecule has 1 atom stereocenters. The zero-order valence-corrected chi connectivity index (χ0v) is 23.9. The summed E-state index contributed by atoms with van der Waals surface area (Å²) in [4.78, 5) is 22.4. The Bertz CT molecular complexity index is 1510. The molecule has 0 radical (unpaired) electrons. The number of alkyl halides is 2. The number of nitrogens with one attached hydrogen (secondary N) is 2. The molecular formula is C33H37F2N5O. The predicted octanol–water partition coefficient (Wildman–Crippen LogP) is 6.33. The third-order valence-electron chi connectivity index (χ3n) is 8.50. The van der Waals surface area contributed by atoms with Gasteiger partial charge in [0.2, 0.25) is 0 Å². The van der Waals surface area contributed by atoms with Crippen molar-refractivity contribution < 1.29 is 13.6 Å². The molecule has 6 nitrogen and oxygen atoms in total. The van der Waals surface area contributed by atoms with Crippen molar-refractivity contribution in [2.24, 2.45) is 0 Å². The molecule has 3 aliphatic rings. The lowest BCUT2D eigenvalue weighted by atomic mass is 9.76. The molecule has 2 aliphatic heterocycles. The fourth-order valence-corrected chi connectivity index (χ4v) is 6.09. The summed E-state index contributed by atoms with van der Waals surface area (Å²) in [5, 5.41) is 6.77. The molecule has 6 rings (SSSR count). The minimum Gasteiger partial charge on any atom is -0.378 e. The van der Waals surface area contributed by atoms with Crippen LogP contribution in [0.5, 0.6) is 0 Å². The van der Waals surface area contributed by atoms with Crippen LogP contribution in [0.1, 0.15) is 47.9 Å². The first-order chi connectivity index (χ1) is 19.6. The lowest BCUT2D eigenvalue weighted by Crippen LogP contribution is -2.38. The van der Waals surface area contributed by atoms with Gasteiger partial charge in [-0.05, 0) is 92.0 Å². The standard InChI is InChI=1S/C33H37F2N5O/c1-21-14-26(6-4-24(21)20-39(2)3)37-32(41)31-27-7-9-29(27)38-30-8-5-23(16-28(30)31)25-15-22(17-36-18-25)19-40-12-10-33(34,35)11-13-40/h4-6,8,14-18,29,38H,7,9-13,19-20H2,1-3H3,(H,37,41). The molecule has 214 valence electrons. The van der Waals surface area contributed by atoms with Gasteiger partial charge in [0.1, 0.15) is 0 Å². The maximum Gasteiger partial charge on any atom is 0.256 e. The largest absolute Gasteiger partial charge is 0.378 e. The molecule has 2 fully saturated rings. The van der Waals surface area contributed by atoms with Crippen LogP contribution in [-0.4, -0.2) is 59.8 Å². The Labute approximate surface area is 240 Å². The number of amides is 1. The second-order valence-corrected chi connectivity index (χ2v) is 11.9. The van der Waals surface area contributed by atoms with Gasteiger partial charge in [-0.15, -0.1) is 0 Å². The summed E-state index contributed by atoms with van der Waals surface area (Å²) in [6, 6.07) is 14.6. The van der Waals surface area contributed by atoms with E-state index in [-0.39, 0.29) is 24.8 Å². The first kappa shape index (κ1) is 27.5. The number of benzene rings is 2. The van der Waals surface area contributed by atoms with E-state index >= 15 is 0 Å². The van der Waals surface area contributed by atoms with E-state index in [1.807, 2.05) is 44.7 Å². The van der Waals surface area contributed by atoms with E-state index in [4.69, 9.17) is 0 Å². The quantitative estimate of drug-likeness (QED) is 0.356. The van der Waals surface area contributed by atoms with Gasteiger partial charge in [-0.25, -0.2) is 8.78 Å². The average Bonchev–Trinajstić information content (AvgIpc) is 2.92. The van der Waals surface area contributed by atoms with Crippen LogP contribution in [0.25, 0.3) is 16.7 Å². The molecule has 8 heteroatoms. The Morgan fingerprint density at radius 2 is 1.90 bits per heavy atom. The highest BCUT2D eigenvalue weighted by atomic mass is 19.3. The van der Waals surface area contributed by atoms with Gasteiger partial charge in [-0.2, -0.15) is 0 Å². The van der Waals surface area contributed by atoms with Crippen LogP contribution < -0.4 is 10.6 Å². The second kappa shape index (κ2) is 11.0. The molecule has 1 aliphatic carbocycles. The van der Waals surface area contributed by atoms with Gasteiger partial charge in [0, 0.05) is 80.0 Å². The number of anilines is 2. The number of nitrogens with zero attached hydrogens (tertiary/aromatic N) is 3. The predicted molar refractivity (Wildman–Crippen MR) is 160 cm³/mol.